The van der Waals surface area contributed by atoms with Gasteiger partial charge in [0.1, 0.15) is 11.5 Å². The Morgan fingerprint density at radius 3 is 2.50 bits per heavy atom. The first-order chi connectivity index (χ1) is 15.7. The zero-order valence-electron chi connectivity index (χ0n) is 17.8. The third kappa shape index (κ3) is 4.93. The summed E-state index contributed by atoms with van der Waals surface area (Å²) in [5.41, 5.74) is 0.474. The summed E-state index contributed by atoms with van der Waals surface area (Å²) < 4.78 is 55.8. The number of nitrogens with one attached hydrogen (secondary N) is 2. The maximum absolute atomic E-state index is 15.1. The summed E-state index contributed by atoms with van der Waals surface area (Å²) in [6.07, 6.45) is 3.22. The topological polar surface area (TPSA) is 123 Å². The van der Waals surface area contributed by atoms with Crippen molar-refractivity contribution in [3.8, 4) is 11.1 Å². The van der Waals surface area contributed by atoms with E-state index in [4.69, 9.17) is 11.6 Å². The molecule has 0 unspecified atom stereocenters. The lowest BCUT2D eigenvalue weighted by Gasteiger charge is -2.11. The number of halogens is 3. The van der Waals surface area contributed by atoms with Crippen LogP contribution in [0.15, 0.2) is 54.9 Å². The van der Waals surface area contributed by atoms with Gasteiger partial charge in [0.25, 0.3) is 0 Å². The molecule has 0 aliphatic rings. The van der Waals surface area contributed by atoms with Crippen LogP contribution in [0.25, 0.3) is 22.2 Å². The van der Waals surface area contributed by atoms with E-state index in [-0.39, 0.29) is 16.8 Å². The molecule has 4 rings (SSSR count). The minimum absolute atomic E-state index is 0. The molecule has 2 aromatic carbocycles. The van der Waals surface area contributed by atoms with Crippen LogP contribution in [0.2, 0.25) is 5.02 Å². The number of H-pyrrole nitrogens is 1. The molecule has 0 aliphatic carbocycles. The number of anilines is 1. The fourth-order valence-electron chi connectivity index (χ4n) is 3.45. The molecule has 0 fully saturated rings. The standard InChI is InChI=1S/C23H18ClF2N3O3S.H2O/c1-2-9-33(31,32)29-19-8-7-18(25)20(21(19)26)22(30)17-12-28-23-16(17)10-14(11-27-23)13-3-5-15(24)6-4-13;/h3-8,10-12,29H,2,9H2,1H3,(H,27,28);1H2. The number of carbonyl (C=O) groups excluding carboxylic acids is 1. The van der Waals surface area contributed by atoms with E-state index in [0.717, 1.165) is 17.7 Å². The third-order valence-corrected chi connectivity index (χ3v) is 6.74. The largest absolute Gasteiger partial charge is 0.412 e. The molecule has 0 bridgehead atoms. The number of hydrogen-bond acceptors (Lipinski definition) is 4. The number of hydrogen-bond donors (Lipinski definition) is 2. The van der Waals surface area contributed by atoms with Gasteiger partial charge in [-0.25, -0.2) is 22.2 Å². The van der Waals surface area contributed by atoms with Gasteiger partial charge in [-0.05, 0) is 42.3 Å². The van der Waals surface area contributed by atoms with E-state index in [0.29, 0.717) is 28.0 Å². The number of ketones is 1. The molecule has 11 heteroatoms. The zero-order chi connectivity index (χ0) is 23.8. The second-order valence-electron chi connectivity index (χ2n) is 7.36. The molecule has 0 spiro atoms. The lowest BCUT2D eigenvalue weighted by Crippen LogP contribution is -2.18. The van der Waals surface area contributed by atoms with Crippen molar-refractivity contribution in [1.29, 1.82) is 0 Å². The maximum Gasteiger partial charge on any atom is 0.232 e. The van der Waals surface area contributed by atoms with Gasteiger partial charge in [0.05, 0.1) is 17.0 Å². The molecule has 0 atom stereocenters. The summed E-state index contributed by atoms with van der Waals surface area (Å²) in [6, 6.07) is 10.5. The van der Waals surface area contributed by atoms with Crippen molar-refractivity contribution < 1.29 is 27.5 Å². The fourth-order valence-corrected chi connectivity index (χ4v) is 4.71. The Balaban J connectivity index is 0.00000324. The van der Waals surface area contributed by atoms with Gasteiger partial charge >= 0.3 is 0 Å². The van der Waals surface area contributed by atoms with Crippen molar-refractivity contribution in [1.82, 2.24) is 9.97 Å². The van der Waals surface area contributed by atoms with Crippen molar-refractivity contribution in [3.63, 3.8) is 0 Å². The summed E-state index contributed by atoms with van der Waals surface area (Å²) in [4.78, 5) is 20.3. The van der Waals surface area contributed by atoms with E-state index >= 15 is 4.39 Å². The molecule has 178 valence electrons. The van der Waals surface area contributed by atoms with Gasteiger partial charge in [-0.3, -0.25) is 9.52 Å². The van der Waals surface area contributed by atoms with Crippen LogP contribution in [0.3, 0.4) is 0 Å². The average Bonchev–Trinajstić information content (AvgIpc) is 3.19. The number of aromatic nitrogens is 2. The minimum Gasteiger partial charge on any atom is -0.412 e. The molecule has 0 saturated carbocycles. The summed E-state index contributed by atoms with van der Waals surface area (Å²) in [6.45, 7) is 1.65. The number of sulfonamides is 1. The minimum atomic E-state index is -3.84. The first-order valence-electron chi connectivity index (χ1n) is 9.96. The molecular formula is C23H20ClF2N3O4S. The van der Waals surface area contributed by atoms with Crippen molar-refractivity contribution in [2.45, 2.75) is 13.3 Å². The SMILES string of the molecule is CCCS(=O)(=O)Nc1ccc(F)c(C(=O)c2c[nH]c3ncc(-c4ccc(Cl)cc4)cc23)c1F.O. The Hall–Kier alpha value is -3.34. The summed E-state index contributed by atoms with van der Waals surface area (Å²) in [5, 5.41) is 0.925. The van der Waals surface area contributed by atoms with Crippen LogP contribution in [-0.4, -0.2) is 35.4 Å². The number of nitrogens with zero attached hydrogens (tertiary/aromatic N) is 1. The Morgan fingerprint density at radius 2 is 1.82 bits per heavy atom. The van der Waals surface area contributed by atoms with Gasteiger partial charge < -0.3 is 10.5 Å². The Kier molecular flexibility index (Phi) is 7.35. The van der Waals surface area contributed by atoms with Gasteiger partial charge in [-0.15, -0.1) is 0 Å². The van der Waals surface area contributed by atoms with Gasteiger partial charge in [0.15, 0.2) is 5.82 Å². The van der Waals surface area contributed by atoms with Gasteiger partial charge in [-0.1, -0.05) is 30.7 Å². The molecule has 0 saturated heterocycles. The number of fused-ring (bicyclic) bond motifs is 1. The normalized spacial score (nSPS) is 11.3. The smallest absolute Gasteiger partial charge is 0.232 e. The molecule has 0 aliphatic heterocycles. The van der Waals surface area contributed by atoms with Crippen molar-refractivity contribution in [3.05, 3.63) is 82.6 Å². The molecule has 2 heterocycles. The van der Waals surface area contributed by atoms with E-state index < -0.39 is 38.7 Å². The molecule has 7 nitrogen and oxygen atoms in total. The second-order valence-corrected chi connectivity index (χ2v) is 9.64. The monoisotopic (exact) mass is 507 g/mol. The lowest BCUT2D eigenvalue weighted by molar-refractivity contribution is 0.103. The van der Waals surface area contributed by atoms with Crippen molar-refractivity contribution >= 4 is 44.1 Å². The highest BCUT2D eigenvalue weighted by atomic mass is 35.5. The molecule has 4 N–H and O–H groups in total. The lowest BCUT2D eigenvalue weighted by atomic mass is 10.00. The Bertz CT molecular complexity index is 1470. The molecular weight excluding hydrogens is 488 g/mol. The Labute approximate surface area is 199 Å². The second kappa shape index (κ2) is 9.88. The quantitative estimate of drug-likeness (QED) is 0.351. The predicted molar refractivity (Wildman–Crippen MR) is 128 cm³/mol. The van der Waals surface area contributed by atoms with E-state index in [2.05, 4.69) is 14.7 Å². The van der Waals surface area contributed by atoms with Crippen LogP contribution >= 0.6 is 11.6 Å². The first-order valence-corrected chi connectivity index (χ1v) is 12.0. The number of aromatic amines is 1. The van der Waals surface area contributed by atoms with Crippen molar-refractivity contribution in [2.24, 2.45) is 0 Å². The molecule has 0 amide bonds. The molecule has 0 radical (unpaired) electrons. The molecule has 2 aromatic heterocycles. The number of benzene rings is 2. The number of carbonyl (C=O) groups is 1. The summed E-state index contributed by atoms with van der Waals surface area (Å²) >= 11 is 5.93. The van der Waals surface area contributed by atoms with Gasteiger partial charge in [0, 0.05) is 33.9 Å². The van der Waals surface area contributed by atoms with E-state index in [1.807, 2.05) is 0 Å². The highest BCUT2D eigenvalue weighted by molar-refractivity contribution is 7.92. The van der Waals surface area contributed by atoms with E-state index in [1.54, 1.807) is 43.5 Å². The van der Waals surface area contributed by atoms with Gasteiger partial charge in [0.2, 0.25) is 15.8 Å². The van der Waals surface area contributed by atoms with Crippen LogP contribution in [0.1, 0.15) is 29.3 Å². The number of rotatable bonds is 7. The average molecular weight is 508 g/mol. The highest BCUT2D eigenvalue weighted by Gasteiger charge is 2.26. The van der Waals surface area contributed by atoms with Crippen LogP contribution in [0, 0.1) is 11.6 Å². The highest BCUT2D eigenvalue weighted by Crippen LogP contribution is 2.30. The predicted octanol–water partition coefficient (Wildman–Crippen LogP) is 4.72. The van der Waals surface area contributed by atoms with Crippen molar-refractivity contribution in [2.75, 3.05) is 10.5 Å². The third-order valence-electron chi connectivity index (χ3n) is 5.01. The van der Waals surface area contributed by atoms with Crippen LogP contribution in [-0.2, 0) is 10.0 Å². The summed E-state index contributed by atoms with van der Waals surface area (Å²) in [5.74, 6) is -3.57. The van der Waals surface area contributed by atoms with Crippen LogP contribution in [0.5, 0.6) is 0 Å². The Morgan fingerprint density at radius 1 is 1.12 bits per heavy atom. The molecule has 34 heavy (non-hydrogen) atoms. The van der Waals surface area contributed by atoms with Crippen LogP contribution < -0.4 is 4.72 Å². The van der Waals surface area contributed by atoms with E-state index in [1.165, 1.54) is 6.20 Å². The van der Waals surface area contributed by atoms with Crippen LogP contribution in [0.4, 0.5) is 14.5 Å². The summed E-state index contributed by atoms with van der Waals surface area (Å²) in [7, 11) is -3.84. The van der Waals surface area contributed by atoms with E-state index in [9.17, 15) is 17.6 Å². The van der Waals surface area contributed by atoms with Gasteiger partial charge in [-0.2, -0.15) is 0 Å². The number of pyridine rings is 1. The zero-order valence-corrected chi connectivity index (χ0v) is 19.4. The molecule has 4 aromatic rings. The maximum atomic E-state index is 15.1. The fraction of sp³-hybridized carbons (Fsp3) is 0.130. The first kappa shape index (κ1) is 25.3.